The number of nitrogens with two attached hydrogens (primary N) is 1. The van der Waals surface area contributed by atoms with Crippen LogP contribution in [0.2, 0.25) is 0 Å². The Bertz CT molecular complexity index is 733. The predicted molar refractivity (Wildman–Crippen MR) is 74.4 cm³/mol. The van der Waals surface area contributed by atoms with Crippen LogP contribution >= 0.6 is 0 Å². The molecular weight excluding hydrogens is 279 g/mol. The number of carbonyl (C=O) groups is 1. The van der Waals surface area contributed by atoms with E-state index < -0.39 is 22.3 Å². The number of benzene rings is 1. The molecule has 7 nitrogen and oxygen atoms in total. The molecule has 2 aromatic rings. The van der Waals surface area contributed by atoms with E-state index in [-0.39, 0.29) is 17.1 Å². The first-order valence-electron chi connectivity index (χ1n) is 5.86. The third kappa shape index (κ3) is 3.11. The van der Waals surface area contributed by atoms with Gasteiger partial charge in [0.05, 0.1) is 4.92 Å². The zero-order chi connectivity index (χ0) is 15.6. The molecule has 0 saturated carbocycles. The van der Waals surface area contributed by atoms with Crippen molar-refractivity contribution in [2.45, 2.75) is 6.92 Å². The van der Waals surface area contributed by atoms with E-state index in [4.69, 9.17) is 5.73 Å². The van der Waals surface area contributed by atoms with E-state index in [2.05, 4.69) is 10.3 Å². The average molecular weight is 290 g/mol. The number of nitrogen functional groups attached to an aromatic ring is 1. The highest BCUT2D eigenvalue weighted by atomic mass is 19.1. The molecule has 2 rings (SSSR count). The summed E-state index contributed by atoms with van der Waals surface area (Å²) < 4.78 is 13.4. The van der Waals surface area contributed by atoms with Crippen molar-refractivity contribution in [1.29, 1.82) is 0 Å². The van der Waals surface area contributed by atoms with Gasteiger partial charge in [-0.2, -0.15) is 0 Å². The monoisotopic (exact) mass is 290 g/mol. The molecule has 0 atom stereocenters. The Morgan fingerprint density at radius 3 is 2.76 bits per heavy atom. The molecule has 1 amide bonds. The number of anilines is 2. The number of halogens is 1. The lowest BCUT2D eigenvalue weighted by Gasteiger charge is -2.07. The first-order valence-corrected chi connectivity index (χ1v) is 5.86. The highest BCUT2D eigenvalue weighted by molar-refractivity contribution is 6.07. The first kappa shape index (κ1) is 14.4. The number of rotatable bonds is 3. The van der Waals surface area contributed by atoms with Gasteiger partial charge in [-0.25, -0.2) is 9.37 Å². The number of carbonyl (C=O) groups excluding carboxylic acids is 1. The number of hydrogen-bond acceptors (Lipinski definition) is 5. The van der Waals surface area contributed by atoms with Gasteiger partial charge in [-0.05, 0) is 30.7 Å². The summed E-state index contributed by atoms with van der Waals surface area (Å²) in [5.41, 5.74) is 5.32. The van der Waals surface area contributed by atoms with Gasteiger partial charge in [0.15, 0.2) is 0 Å². The van der Waals surface area contributed by atoms with Crippen molar-refractivity contribution in [2.75, 3.05) is 11.1 Å². The zero-order valence-electron chi connectivity index (χ0n) is 11.0. The summed E-state index contributed by atoms with van der Waals surface area (Å²) in [5, 5.41) is 13.3. The SMILES string of the molecule is Cc1ccc(NC(=O)c2cc(N)ncc2[N+](=O)[O-])cc1F. The number of amides is 1. The van der Waals surface area contributed by atoms with Crippen LogP contribution in [0.15, 0.2) is 30.5 Å². The smallest absolute Gasteiger partial charge is 0.300 e. The molecule has 0 bridgehead atoms. The van der Waals surface area contributed by atoms with Crippen molar-refractivity contribution < 1.29 is 14.1 Å². The van der Waals surface area contributed by atoms with Gasteiger partial charge in [-0.15, -0.1) is 0 Å². The van der Waals surface area contributed by atoms with Crippen molar-refractivity contribution in [1.82, 2.24) is 4.98 Å². The topological polar surface area (TPSA) is 111 Å². The van der Waals surface area contributed by atoms with Gasteiger partial charge >= 0.3 is 0 Å². The molecule has 1 heterocycles. The fourth-order valence-corrected chi connectivity index (χ4v) is 1.66. The second-order valence-corrected chi connectivity index (χ2v) is 4.30. The lowest BCUT2D eigenvalue weighted by atomic mass is 10.2. The van der Waals surface area contributed by atoms with E-state index in [0.29, 0.717) is 5.56 Å². The molecule has 0 radical (unpaired) electrons. The molecule has 108 valence electrons. The van der Waals surface area contributed by atoms with Gasteiger partial charge in [-0.3, -0.25) is 14.9 Å². The lowest BCUT2D eigenvalue weighted by molar-refractivity contribution is -0.385. The van der Waals surface area contributed by atoms with Crippen LogP contribution in [0.3, 0.4) is 0 Å². The third-order valence-corrected chi connectivity index (χ3v) is 2.78. The number of hydrogen-bond donors (Lipinski definition) is 2. The Kier molecular flexibility index (Phi) is 3.79. The minimum Gasteiger partial charge on any atom is -0.384 e. The molecule has 0 unspecified atom stereocenters. The molecule has 0 aliphatic heterocycles. The first-order chi connectivity index (χ1) is 9.88. The maximum absolute atomic E-state index is 13.4. The fourth-order valence-electron chi connectivity index (χ4n) is 1.66. The minimum absolute atomic E-state index is 0.0270. The highest BCUT2D eigenvalue weighted by Crippen LogP contribution is 2.21. The Hall–Kier alpha value is -3.03. The summed E-state index contributed by atoms with van der Waals surface area (Å²) in [6.07, 6.45) is 0.903. The van der Waals surface area contributed by atoms with Crippen molar-refractivity contribution in [3.05, 3.63) is 57.5 Å². The molecule has 1 aromatic carbocycles. The van der Waals surface area contributed by atoms with E-state index in [1.807, 2.05) is 0 Å². The van der Waals surface area contributed by atoms with Crippen molar-refractivity contribution in [2.24, 2.45) is 0 Å². The summed E-state index contributed by atoms with van der Waals surface area (Å²) in [6, 6.07) is 5.20. The van der Waals surface area contributed by atoms with E-state index in [1.165, 1.54) is 12.1 Å². The van der Waals surface area contributed by atoms with Crippen molar-refractivity contribution in [3.63, 3.8) is 0 Å². The normalized spacial score (nSPS) is 10.2. The summed E-state index contributed by atoms with van der Waals surface area (Å²) in [6.45, 7) is 1.58. The summed E-state index contributed by atoms with van der Waals surface area (Å²) in [5.74, 6) is -1.28. The molecule has 0 aliphatic rings. The second kappa shape index (κ2) is 5.53. The number of nitrogens with zero attached hydrogens (tertiary/aromatic N) is 2. The number of aromatic nitrogens is 1. The number of nitrogens with one attached hydrogen (secondary N) is 1. The van der Waals surface area contributed by atoms with Crippen LogP contribution in [0.1, 0.15) is 15.9 Å². The molecule has 0 aliphatic carbocycles. The summed E-state index contributed by atoms with van der Waals surface area (Å²) >= 11 is 0. The molecule has 1 aromatic heterocycles. The van der Waals surface area contributed by atoms with Crippen LogP contribution in [0.25, 0.3) is 0 Å². The van der Waals surface area contributed by atoms with Crippen LogP contribution in [0.4, 0.5) is 21.6 Å². The van der Waals surface area contributed by atoms with Crippen LogP contribution in [0, 0.1) is 22.9 Å². The lowest BCUT2D eigenvalue weighted by Crippen LogP contribution is -2.15. The number of aryl methyl sites for hydroxylation is 1. The number of nitro groups is 1. The van der Waals surface area contributed by atoms with E-state index in [0.717, 1.165) is 18.3 Å². The minimum atomic E-state index is -0.765. The molecule has 0 saturated heterocycles. The predicted octanol–water partition coefficient (Wildman–Crippen LogP) is 2.27. The van der Waals surface area contributed by atoms with Gasteiger partial charge in [-0.1, -0.05) is 6.07 Å². The molecule has 21 heavy (non-hydrogen) atoms. The van der Waals surface area contributed by atoms with Crippen molar-refractivity contribution in [3.8, 4) is 0 Å². The Labute approximate surface area is 118 Å². The summed E-state index contributed by atoms with van der Waals surface area (Å²) in [4.78, 5) is 25.8. The fraction of sp³-hybridized carbons (Fsp3) is 0.0769. The summed E-state index contributed by atoms with van der Waals surface area (Å²) in [7, 11) is 0. The van der Waals surface area contributed by atoms with Crippen LogP contribution in [-0.4, -0.2) is 15.8 Å². The van der Waals surface area contributed by atoms with Crippen LogP contribution in [0.5, 0.6) is 0 Å². The molecule has 0 fully saturated rings. The Morgan fingerprint density at radius 2 is 2.14 bits per heavy atom. The van der Waals surface area contributed by atoms with Gasteiger partial charge in [0.25, 0.3) is 11.6 Å². The zero-order valence-corrected chi connectivity index (χ0v) is 11.0. The Balaban J connectivity index is 2.34. The van der Waals surface area contributed by atoms with E-state index in [9.17, 15) is 19.3 Å². The van der Waals surface area contributed by atoms with Crippen LogP contribution < -0.4 is 11.1 Å². The van der Waals surface area contributed by atoms with Gasteiger partial charge in [0, 0.05) is 5.69 Å². The number of pyridine rings is 1. The molecule has 8 heteroatoms. The van der Waals surface area contributed by atoms with E-state index in [1.54, 1.807) is 6.92 Å². The average Bonchev–Trinajstić information content (AvgIpc) is 2.42. The van der Waals surface area contributed by atoms with Crippen molar-refractivity contribution >= 4 is 23.1 Å². The molecule has 3 N–H and O–H groups in total. The maximum Gasteiger partial charge on any atom is 0.300 e. The van der Waals surface area contributed by atoms with Gasteiger partial charge < -0.3 is 11.1 Å². The van der Waals surface area contributed by atoms with Gasteiger partial charge in [0.2, 0.25) is 0 Å². The third-order valence-electron chi connectivity index (χ3n) is 2.78. The molecular formula is C13H11FN4O3. The Morgan fingerprint density at radius 1 is 1.43 bits per heavy atom. The quantitative estimate of drug-likeness (QED) is 0.665. The van der Waals surface area contributed by atoms with Crippen LogP contribution in [-0.2, 0) is 0 Å². The molecule has 0 spiro atoms. The highest BCUT2D eigenvalue weighted by Gasteiger charge is 2.21. The second-order valence-electron chi connectivity index (χ2n) is 4.30. The van der Waals surface area contributed by atoms with Gasteiger partial charge in [0.1, 0.15) is 23.4 Å². The van der Waals surface area contributed by atoms with E-state index >= 15 is 0 Å². The largest absolute Gasteiger partial charge is 0.384 e. The standard InChI is InChI=1S/C13H11FN4O3/c1-7-2-3-8(4-10(7)14)17-13(19)9-5-12(15)16-6-11(9)18(20)21/h2-6H,1H3,(H2,15,16)(H,17,19). The maximum atomic E-state index is 13.4.